The highest BCUT2D eigenvalue weighted by molar-refractivity contribution is 8.00. The summed E-state index contributed by atoms with van der Waals surface area (Å²) in [6.07, 6.45) is 1.17. The molecule has 1 amide bonds. The first-order chi connectivity index (χ1) is 10.4. The molecule has 0 N–H and O–H groups in total. The minimum absolute atomic E-state index is 0.0713. The van der Waals surface area contributed by atoms with Crippen molar-refractivity contribution in [1.82, 2.24) is 4.90 Å². The van der Waals surface area contributed by atoms with Gasteiger partial charge >= 0.3 is 0 Å². The topological polar surface area (TPSA) is 63.5 Å². The summed E-state index contributed by atoms with van der Waals surface area (Å²) in [6, 6.07) is 6.36. The Morgan fingerprint density at radius 3 is 2.32 bits per heavy atom. The smallest absolute Gasteiger partial charge is 0.269 e. The van der Waals surface area contributed by atoms with E-state index in [9.17, 15) is 14.9 Å². The molecule has 1 aliphatic rings. The number of thioether (sulfide) groups is 1. The van der Waals surface area contributed by atoms with Crippen molar-refractivity contribution in [1.29, 1.82) is 0 Å². The molecule has 6 heteroatoms. The molecule has 5 nitrogen and oxygen atoms in total. The Kier molecular flexibility index (Phi) is 5.45. The van der Waals surface area contributed by atoms with Crippen LogP contribution in [0, 0.1) is 22.0 Å². The van der Waals surface area contributed by atoms with Crippen LogP contribution >= 0.6 is 11.8 Å². The molecule has 1 aromatic rings. The monoisotopic (exact) mass is 322 g/mol. The third kappa shape index (κ3) is 4.22. The Labute approximate surface area is 135 Å². The minimum Gasteiger partial charge on any atom is -0.341 e. The predicted molar refractivity (Wildman–Crippen MR) is 87.9 cm³/mol. The van der Waals surface area contributed by atoms with Crippen molar-refractivity contribution in [3.8, 4) is 0 Å². The molecule has 0 radical (unpaired) electrons. The first-order valence-electron chi connectivity index (χ1n) is 7.56. The first-order valence-corrected chi connectivity index (χ1v) is 8.44. The van der Waals surface area contributed by atoms with Crippen LogP contribution in [0.5, 0.6) is 0 Å². The highest BCUT2D eigenvalue weighted by atomic mass is 32.2. The van der Waals surface area contributed by atoms with Gasteiger partial charge in [0.1, 0.15) is 0 Å². The van der Waals surface area contributed by atoms with E-state index in [1.807, 2.05) is 11.8 Å². The number of rotatable bonds is 4. The second-order valence-corrected chi connectivity index (χ2v) is 7.61. The molecule has 3 atom stereocenters. The second-order valence-electron chi connectivity index (χ2n) is 6.20. The maximum atomic E-state index is 12.6. The van der Waals surface area contributed by atoms with Gasteiger partial charge in [-0.2, -0.15) is 0 Å². The van der Waals surface area contributed by atoms with E-state index in [1.165, 1.54) is 30.3 Å². The van der Waals surface area contributed by atoms with Crippen LogP contribution in [0.4, 0.5) is 5.69 Å². The average molecular weight is 322 g/mol. The number of amides is 1. The number of likely N-dealkylation sites (tertiary alicyclic amines) is 1. The van der Waals surface area contributed by atoms with E-state index in [0.29, 0.717) is 11.8 Å². The van der Waals surface area contributed by atoms with Gasteiger partial charge in [0.15, 0.2) is 0 Å². The van der Waals surface area contributed by atoms with Gasteiger partial charge < -0.3 is 4.90 Å². The Morgan fingerprint density at radius 2 is 1.82 bits per heavy atom. The number of nitro groups is 1. The van der Waals surface area contributed by atoms with Crippen molar-refractivity contribution in [2.45, 2.75) is 37.3 Å². The van der Waals surface area contributed by atoms with Crippen LogP contribution in [0.3, 0.4) is 0 Å². The van der Waals surface area contributed by atoms with Crippen molar-refractivity contribution in [2.75, 3.05) is 13.1 Å². The molecule has 120 valence electrons. The van der Waals surface area contributed by atoms with Gasteiger partial charge in [0.25, 0.3) is 5.69 Å². The number of nitro benzene ring substituents is 1. The number of nitrogens with zero attached hydrogens (tertiary/aromatic N) is 2. The van der Waals surface area contributed by atoms with E-state index >= 15 is 0 Å². The quantitative estimate of drug-likeness (QED) is 0.483. The van der Waals surface area contributed by atoms with E-state index in [2.05, 4.69) is 13.8 Å². The normalized spacial score (nSPS) is 23.1. The molecule has 2 rings (SSSR count). The highest BCUT2D eigenvalue weighted by Gasteiger charge is 2.28. The van der Waals surface area contributed by atoms with E-state index < -0.39 is 4.92 Å². The average Bonchev–Trinajstić information content (AvgIpc) is 2.46. The first kappa shape index (κ1) is 16.8. The van der Waals surface area contributed by atoms with Crippen molar-refractivity contribution < 1.29 is 9.72 Å². The third-order valence-corrected chi connectivity index (χ3v) is 4.99. The maximum Gasteiger partial charge on any atom is 0.269 e. The maximum absolute atomic E-state index is 12.6. The summed E-state index contributed by atoms with van der Waals surface area (Å²) in [5.74, 6) is 1.25. The molecule has 0 bridgehead atoms. The van der Waals surface area contributed by atoms with Crippen LogP contribution < -0.4 is 0 Å². The van der Waals surface area contributed by atoms with Gasteiger partial charge in [-0.15, -0.1) is 11.8 Å². The Morgan fingerprint density at radius 1 is 1.27 bits per heavy atom. The Bertz CT molecular complexity index is 537. The summed E-state index contributed by atoms with van der Waals surface area (Å²) in [7, 11) is 0. The van der Waals surface area contributed by atoms with Gasteiger partial charge in [-0.05, 0) is 37.3 Å². The fraction of sp³-hybridized carbons (Fsp3) is 0.562. The third-order valence-electron chi connectivity index (χ3n) is 3.89. The molecule has 0 aliphatic carbocycles. The van der Waals surface area contributed by atoms with Crippen molar-refractivity contribution in [3.05, 3.63) is 34.4 Å². The van der Waals surface area contributed by atoms with Crippen molar-refractivity contribution >= 4 is 23.4 Å². The number of carbonyl (C=O) groups excluding carboxylic acids is 1. The van der Waals surface area contributed by atoms with Crippen LogP contribution in [-0.2, 0) is 4.79 Å². The minimum atomic E-state index is -0.417. The van der Waals surface area contributed by atoms with E-state index in [4.69, 9.17) is 0 Å². The molecule has 0 spiro atoms. The van der Waals surface area contributed by atoms with Gasteiger partial charge in [0, 0.05) is 30.1 Å². The molecule has 1 aliphatic heterocycles. The van der Waals surface area contributed by atoms with Gasteiger partial charge in [0.05, 0.1) is 10.2 Å². The SMILES string of the molecule is CC1CC(C)CN(C(=O)C(C)Sc2ccc([N+](=O)[O-])cc2)C1. The predicted octanol–water partition coefficient (Wildman–Crippen LogP) is 3.58. The molecule has 3 unspecified atom stereocenters. The lowest BCUT2D eigenvalue weighted by Gasteiger charge is -2.36. The van der Waals surface area contributed by atoms with Crippen LogP contribution in [0.15, 0.2) is 29.2 Å². The number of hydrogen-bond donors (Lipinski definition) is 0. The number of carbonyl (C=O) groups is 1. The van der Waals surface area contributed by atoms with Gasteiger partial charge in [-0.3, -0.25) is 14.9 Å². The molecular weight excluding hydrogens is 300 g/mol. The number of hydrogen-bond acceptors (Lipinski definition) is 4. The van der Waals surface area contributed by atoms with Crippen molar-refractivity contribution in [2.24, 2.45) is 11.8 Å². The molecule has 22 heavy (non-hydrogen) atoms. The highest BCUT2D eigenvalue weighted by Crippen LogP contribution is 2.28. The zero-order valence-corrected chi connectivity index (χ0v) is 14.0. The largest absolute Gasteiger partial charge is 0.341 e. The summed E-state index contributed by atoms with van der Waals surface area (Å²) in [5.41, 5.74) is 0.0713. The molecule has 1 heterocycles. The lowest BCUT2D eigenvalue weighted by Crippen LogP contribution is -2.45. The summed E-state index contributed by atoms with van der Waals surface area (Å²) in [4.78, 5) is 25.6. The van der Waals surface area contributed by atoms with E-state index in [0.717, 1.165) is 18.0 Å². The molecule has 0 aromatic heterocycles. The van der Waals surface area contributed by atoms with E-state index in [1.54, 1.807) is 12.1 Å². The zero-order valence-electron chi connectivity index (χ0n) is 13.2. The summed E-state index contributed by atoms with van der Waals surface area (Å²) in [5, 5.41) is 10.5. The van der Waals surface area contributed by atoms with Crippen molar-refractivity contribution in [3.63, 3.8) is 0 Å². The van der Waals surface area contributed by atoms with Gasteiger partial charge in [-0.25, -0.2) is 0 Å². The Balaban J connectivity index is 1.97. The summed E-state index contributed by atoms with van der Waals surface area (Å²) in [6.45, 7) is 7.93. The Hall–Kier alpha value is -1.56. The van der Waals surface area contributed by atoms with Crippen LogP contribution in [0.25, 0.3) is 0 Å². The summed E-state index contributed by atoms with van der Waals surface area (Å²) < 4.78 is 0. The molecule has 1 saturated heterocycles. The van der Waals surface area contributed by atoms with Gasteiger partial charge in [0.2, 0.25) is 5.91 Å². The fourth-order valence-electron chi connectivity index (χ4n) is 3.00. The lowest BCUT2D eigenvalue weighted by molar-refractivity contribution is -0.384. The summed E-state index contributed by atoms with van der Waals surface area (Å²) >= 11 is 1.45. The fourth-order valence-corrected chi connectivity index (χ4v) is 3.95. The van der Waals surface area contributed by atoms with E-state index in [-0.39, 0.29) is 16.8 Å². The lowest BCUT2D eigenvalue weighted by atomic mass is 9.92. The molecule has 0 saturated carbocycles. The zero-order chi connectivity index (χ0) is 16.3. The molecular formula is C16H22N2O3S. The second kappa shape index (κ2) is 7.13. The van der Waals surface area contributed by atoms with Crippen LogP contribution in [0.2, 0.25) is 0 Å². The van der Waals surface area contributed by atoms with Crippen LogP contribution in [-0.4, -0.2) is 34.1 Å². The standard InChI is InChI=1S/C16H22N2O3S/c1-11-8-12(2)10-17(9-11)16(19)13(3)22-15-6-4-14(5-7-15)18(20)21/h4-7,11-13H,8-10H2,1-3H3. The molecule has 1 fully saturated rings. The number of benzene rings is 1. The molecule has 1 aromatic carbocycles. The van der Waals surface area contributed by atoms with Crippen LogP contribution in [0.1, 0.15) is 27.2 Å². The number of piperidine rings is 1. The number of non-ortho nitro benzene ring substituents is 1. The van der Waals surface area contributed by atoms with Gasteiger partial charge in [-0.1, -0.05) is 13.8 Å².